The first kappa shape index (κ1) is 17.4. The van der Waals surface area contributed by atoms with E-state index in [2.05, 4.69) is 10.3 Å². The van der Waals surface area contributed by atoms with Crippen LogP contribution in [0, 0.1) is 6.92 Å². The van der Waals surface area contributed by atoms with E-state index in [4.69, 9.17) is 9.26 Å². The number of carbonyl (C=O) groups excluding carboxylic acids is 2. The van der Waals surface area contributed by atoms with Crippen LogP contribution in [0.15, 0.2) is 45.7 Å². The number of aryl methyl sites for hydroxylation is 1. The zero-order chi connectivity index (χ0) is 18.7. The molecule has 0 aliphatic carbocycles. The van der Waals surface area contributed by atoms with E-state index >= 15 is 0 Å². The Kier molecular flexibility index (Phi) is 4.83. The predicted octanol–water partition coefficient (Wildman–Crippen LogP) is 2.30. The van der Waals surface area contributed by atoms with Crippen LogP contribution in [-0.4, -0.2) is 21.4 Å². The zero-order valence-electron chi connectivity index (χ0n) is 14.3. The third-order valence-corrected chi connectivity index (χ3v) is 3.58. The number of ether oxygens (including phenoxy) is 1. The van der Waals surface area contributed by atoms with Gasteiger partial charge in [-0.05, 0) is 25.1 Å². The van der Waals surface area contributed by atoms with E-state index in [1.165, 1.54) is 12.1 Å². The van der Waals surface area contributed by atoms with Crippen molar-refractivity contribution in [3.63, 3.8) is 0 Å². The van der Waals surface area contributed by atoms with Crippen LogP contribution in [0.4, 0.5) is 5.69 Å². The van der Waals surface area contributed by atoms with Gasteiger partial charge in [-0.15, -0.1) is 4.57 Å². The van der Waals surface area contributed by atoms with Crippen molar-refractivity contribution < 1.29 is 18.8 Å². The molecule has 1 N–H and O–H groups in total. The van der Waals surface area contributed by atoms with Gasteiger partial charge in [0.05, 0.1) is 11.3 Å². The molecule has 8 heteroatoms. The summed E-state index contributed by atoms with van der Waals surface area (Å²) in [6.07, 6.45) is 0.339. The number of hydrogen-bond acceptors (Lipinski definition) is 6. The third-order valence-electron chi connectivity index (χ3n) is 3.58. The van der Waals surface area contributed by atoms with Gasteiger partial charge in [-0.3, -0.25) is 9.59 Å². The van der Waals surface area contributed by atoms with Crippen LogP contribution in [-0.2, 0) is 16.1 Å². The molecule has 0 bridgehead atoms. The monoisotopic (exact) mass is 355 g/mol. The minimum absolute atomic E-state index is 0.149. The van der Waals surface area contributed by atoms with Gasteiger partial charge in [0.2, 0.25) is 5.91 Å². The smallest absolute Gasteiger partial charge is 0.338 e. The van der Waals surface area contributed by atoms with Crippen molar-refractivity contribution in [1.82, 2.24) is 9.56 Å². The Morgan fingerprint density at radius 2 is 2.08 bits per heavy atom. The molecule has 0 fully saturated rings. The molecule has 3 rings (SSSR count). The van der Waals surface area contributed by atoms with Crippen molar-refractivity contribution in [2.24, 2.45) is 0 Å². The van der Waals surface area contributed by atoms with E-state index in [-0.39, 0.29) is 18.1 Å². The Bertz CT molecular complexity index is 1030. The SMILES string of the molecule is CCC(=O)Nc1cccc(C(=O)OCc2cc(=O)n3oc(C)cc3n2)c1. The number of anilines is 1. The standard InChI is InChI=1S/C18H17N3O5/c1-3-16(22)20-13-6-4-5-12(8-13)18(24)25-10-14-9-17(23)21-15(19-14)7-11(2)26-21/h4-9H,3,10H2,1-2H3,(H,20,22). The Morgan fingerprint density at radius 1 is 1.27 bits per heavy atom. The predicted molar refractivity (Wildman–Crippen MR) is 92.9 cm³/mol. The summed E-state index contributed by atoms with van der Waals surface area (Å²) < 4.78 is 11.5. The van der Waals surface area contributed by atoms with Gasteiger partial charge in [-0.2, -0.15) is 0 Å². The number of carbonyl (C=O) groups is 2. The topological polar surface area (TPSA) is 103 Å². The lowest BCUT2D eigenvalue weighted by atomic mass is 10.2. The number of fused-ring (bicyclic) bond motifs is 1. The van der Waals surface area contributed by atoms with E-state index in [1.54, 1.807) is 38.1 Å². The lowest BCUT2D eigenvalue weighted by Crippen LogP contribution is -2.15. The lowest BCUT2D eigenvalue weighted by Gasteiger charge is -2.07. The Morgan fingerprint density at radius 3 is 2.85 bits per heavy atom. The maximum absolute atomic E-state index is 12.2. The average molecular weight is 355 g/mol. The number of hydrogen-bond donors (Lipinski definition) is 1. The van der Waals surface area contributed by atoms with Crippen LogP contribution in [0.2, 0.25) is 0 Å². The van der Waals surface area contributed by atoms with Crippen LogP contribution >= 0.6 is 0 Å². The summed E-state index contributed by atoms with van der Waals surface area (Å²) in [5, 5.41) is 2.68. The van der Waals surface area contributed by atoms with Crippen molar-refractivity contribution >= 4 is 23.2 Å². The molecule has 2 aromatic heterocycles. The fourth-order valence-electron chi connectivity index (χ4n) is 2.34. The van der Waals surface area contributed by atoms with Gasteiger partial charge < -0.3 is 14.6 Å². The number of benzene rings is 1. The van der Waals surface area contributed by atoms with Crippen LogP contribution in [0.3, 0.4) is 0 Å². The fraction of sp³-hybridized carbons (Fsp3) is 0.222. The molecule has 0 aliphatic rings. The minimum atomic E-state index is -0.581. The Hall–Kier alpha value is -3.42. The summed E-state index contributed by atoms with van der Waals surface area (Å²) in [7, 11) is 0. The molecule has 0 atom stereocenters. The molecule has 8 nitrogen and oxygen atoms in total. The lowest BCUT2D eigenvalue weighted by molar-refractivity contribution is -0.115. The maximum atomic E-state index is 12.2. The molecule has 0 unspecified atom stereocenters. The zero-order valence-corrected chi connectivity index (χ0v) is 14.3. The summed E-state index contributed by atoms with van der Waals surface area (Å²) in [6, 6.07) is 9.30. The van der Waals surface area contributed by atoms with Gasteiger partial charge in [-0.1, -0.05) is 13.0 Å². The first-order chi connectivity index (χ1) is 12.5. The highest BCUT2D eigenvalue weighted by Gasteiger charge is 2.12. The summed E-state index contributed by atoms with van der Waals surface area (Å²) in [5.74, 6) is -0.179. The molecule has 0 aliphatic heterocycles. The second kappa shape index (κ2) is 7.22. The van der Waals surface area contributed by atoms with Crippen LogP contribution in [0.25, 0.3) is 5.65 Å². The van der Waals surface area contributed by atoms with E-state index in [0.717, 1.165) is 4.57 Å². The van der Waals surface area contributed by atoms with E-state index in [1.807, 2.05) is 0 Å². The average Bonchev–Trinajstić information content (AvgIpc) is 3.00. The highest BCUT2D eigenvalue weighted by Crippen LogP contribution is 2.13. The number of nitrogens with one attached hydrogen (secondary N) is 1. The summed E-state index contributed by atoms with van der Waals surface area (Å²) in [4.78, 5) is 39.8. The second-order valence-corrected chi connectivity index (χ2v) is 5.64. The quantitative estimate of drug-likeness (QED) is 0.705. The molecule has 0 saturated heterocycles. The molecule has 134 valence electrons. The highest BCUT2D eigenvalue weighted by atomic mass is 16.5. The molecular weight excluding hydrogens is 338 g/mol. The molecule has 0 spiro atoms. The summed E-state index contributed by atoms with van der Waals surface area (Å²) in [6.45, 7) is 3.29. The molecule has 0 radical (unpaired) electrons. The minimum Gasteiger partial charge on any atom is -0.456 e. The second-order valence-electron chi connectivity index (χ2n) is 5.64. The highest BCUT2D eigenvalue weighted by molar-refractivity contribution is 5.94. The number of amides is 1. The van der Waals surface area contributed by atoms with Gasteiger partial charge >= 0.3 is 5.97 Å². The van der Waals surface area contributed by atoms with Crippen LogP contribution in [0.1, 0.15) is 35.2 Å². The van der Waals surface area contributed by atoms with Gasteiger partial charge in [0.25, 0.3) is 5.56 Å². The number of nitrogens with zero attached hydrogens (tertiary/aromatic N) is 2. The van der Waals surface area contributed by atoms with Gasteiger partial charge in [0.1, 0.15) is 12.4 Å². The first-order valence-corrected chi connectivity index (χ1v) is 8.03. The molecular formula is C18H17N3O5. The largest absolute Gasteiger partial charge is 0.456 e. The molecule has 0 saturated carbocycles. The maximum Gasteiger partial charge on any atom is 0.338 e. The van der Waals surface area contributed by atoms with Crippen LogP contribution < -0.4 is 10.9 Å². The van der Waals surface area contributed by atoms with Crippen LogP contribution in [0.5, 0.6) is 0 Å². The van der Waals surface area contributed by atoms with Gasteiger partial charge in [0, 0.05) is 24.2 Å². The van der Waals surface area contributed by atoms with Crippen molar-refractivity contribution in [2.45, 2.75) is 26.9 Å². The van der Waals surface area contributed by atoms with Crippen molar-refractivity contribution in [2.75, 3.05) is 5.32 Å². The number of aromatic nitrogens is 2. The summed E-state index contributed by atoms with van der Waals surface area (Å²) >= 11 is 0. The van der Waals surface area contributed by atoms with Crippen molar-refractivity contribution in [3.8, 4) is 0 Å². The van der Waals surface area contributed by atoms with E-state index in [9.17, 15) is 14.4 Å². The van der Waals surface area contributed by atoms with Gasteiger partial charge in [0.15, 0.2) is 5.65 Å². The molecule has 3 aromatic rings. The Labute approximate surface area is 148 Å². The molecule has 2 heterocycles. The number of rotatable bonds is 5. The molecule has 26 heavy (non-hydrogen) atoms. The van der Waals surface area contributed by atoms with E-state index < -0.39 is 11.5 Å². The molecule has 1 aromatic carbocycles. The number of esters is 1. The van der Waals surface area contributed by atoms with E-state index in [0.29, 0.717) is 29.2 Å². The van der Waals surface area contributed by atoms with Crippen molar-refractivity contribution in [1.29, 1.82) is 0 Å². The third kappa shape index (κ3) is 3.80. The van der Waals surface area contributed by atoms with Gasteiger partial charge in [-0.25, -0.2) is 9.78 Å². The Balaban J connectivity index is 1.72. The first-order valence-electron chi connectivity index (χ1n) is 8.03. The molecule has 1 amide bonds. The fourth-order valence-corrected chi connectivity index (χ4v) is 2.34. The van der Waals surface area contributed by atoms with Crippen molar-refractivity contribution in [3.05, 3.63) is 63.8 Å². The normalized spacial score (nSPS) is 10.7. The summed E-state index contributed by atoms with van der Waals surface area (Å²) in [5.41, 5.74) is 1.08.